The first kappa shape index (κ1) is 14.8. The van der Waals surface area contributed by atoms with E-state index in [1.807, 2.05) is 37.8 Å². The predicted octanol–water partition coefficient (Wildman–Crippen LogP) is 1.83. The van der Waals surface area contributed by atoms with Crippen LogP contribution in [0.15, 0.2) is 24.5 Å². The molecule has 1 atom stereocenters. The van der Waals surface area contributed by atoms with Gasteiger partial charge in [-0.05, 0) is 44.9 Å². The Balaban J connectivity index is 2.03. The fraction of sp³-hybridized carbons (Fsp3) is 0.600. The van der Waals surface area contributed by atoms with E-state index in [0.29, 0.717) is 6.54 Å². The van der Waals surface area contributed by atoms with E-state index in [9.17, 15) is 4.79 Å². The van der Waals surface area contributed by atoms with E-state index in [2.05, 4.69) is 10.3 Å². The van der Waals surface area contributed by atoms with E-state index >= 15 is 0 Å². The molecule has 1 N–H and O–H groups in total. The number of hydrogen-bond donors (Lipinski definition) is 1. The molecule has 1 fully saturated rings. The molecule has 0 radical (unpaired) electrons. The van der Waals surface area contributed by atoms with Crippen LogP contribution in [0.2, 0.25) is 0 Å². The monoisotopic (exact) mass is 277 g/mol. The van der Waals surface area contributed by atoms with Crippen molar-refractivity contribution in [2.45, 2.75) is 38.8 Å². The highest BCUT2D eigenvalue weighted by molar-refractivity contribution is 5.68. The van der Waals surface area contributed by atoms with Crippen LogP contribution in [0.1, 0.15) is 26.3 Å². The minimum atomic E-state index is -0.455. The summed E-state index contributed by atoms with van der Waals surface area (Å²) in [6.07, 6.45) is 4.15. The Bertz CT molecular complexity index is 442. The van der Waals surface area contributed by atoms with Crippen molar-refractivity contribution in [1.82, 2.24) is 15.2 Å². The van der Waals surface area contributed by atoms with Gasteiger partial charge in [0.1, 0.15) is 5.60 Å². The molecule has 0 aliphatic carbocycles. The average molecular weight is 277 g/mol. The Morgan fingerprint density at radius 1 is 1.45 bits per heavy atom. The number of ether oxygens (including phenoxy) is 1. The van der Waals surface area contributed by atoms with Gasteiger partial charge in [-0.25, -0.2) is 4.79 Å². The summed E-state index contributed by atoms with van der Waals surface area (Å²) in [5, 5.41) is 3.34. The zero-order chi connectivity index (χ0) is 14.6. The summed E-state index contributed by atoms with van der Waals surface area (Å²) in [6.45, 7) is 7.97. The van der Waals surface area contributed by atoms with Gasteiger partial charge < -0.3 is 15.0 Å². The second kappa shape index (κ2) is 6.22. The molecule has 2 rings (SSSR count). The lowest BCUT2D eigenvalue weighted by Crippen LogP contribution is -2.55. The van der Waals surface area contributed by atoms with Gasteiger partial charge >= 0.3 is 6.09 Å². The quantitative estimate of drug-likeness (QED) is 0.896. The van der Waals surface area contributed by atoms with E-state index in [1.54, 1.807) is 12.4 Å². The minimum Gasteiger partial charge on any atom is -0.444 e. The number of pyridine rings is 1. The molecule has 1 saturated heterocycles. The summed E-state index contributed by atoms with van der Waals surface area (Å²) in [7, 11) is 0. The zero-order valence-corrected chi connectivity index (χ0v) is 12.4. The smallest absolute Gasteiger partial charge is 0.410 e. The van der Waals surface area contributed by atoms with Gasteiger partial charge in [0.25, 0.3) is 0 Å². The first-order valence-electron chi connectivity index (χ1n) is 7.05. The molecule has 0 bridgehead atoms. The minimum absolute atomic E-state index is 0.126. The van der Waals surface area contributed by atoms with Crippen molar-refractivity contribution in [3.63, 3.8) is 0 Å². The van der Waals surface area contributed by atoms with Gasteiger partial charge in [0, 0.05) is 32.0 Å². The maximum Gasteiger partial charge on any atom is 0.410 e. The summed E-state index contributed by atoms with van der Waals surface area (Å²) >= 11 is 0. The molecule has 5 heteroatoms. The Morgan fingerprint density at radius 2 is 2.15 bits per heavy atom. The van der Waals surface area contributed by atoms with Gasteiger partial charge in [-0.15, -0.1) is 0 Å². The Kier molecular flexibility index (Phi) is 4.60. The third-order valence-corrected chi connectivity index (χ3v) is 3.20. The van der Waals surface area contributed by atoms with Gasteiger partial charge in [-0.2, -0.15) is 0 Å². The number of carbonyl (C=O) groups is 1. The lowest BCUT2D eigenvalue weighted by atomic mass is 10.0. The van der Waals surface area contributed by atoms with E-state index in [-0.39, 0.29) is 12.1 Å². The largest absolute Gasteiger partial charge is 0.444 e. The molecule has 1 unspecified atom stereocenters. The van der Waals surface area contributed by atoms with Crippen molar-refractivity contribution in [3.05, 3.63) is 30.1 Å². The van der Waals surface area contributed by atoms with Crippen molar-refractivity contribution < 1.29 is 9.53 Å². The number of hydrogen-bond acceptors (Lipinski definition) is 4. The molecule has 1 aromatic rings. The summed E-state index contributed by atoms with van der Waals surface area (Å²) in [4.78, 5) is 18.1. The number of piperazine rings is 1. The molecule has 0 aromatic carbocycles. The first-order valence-corrected chi connectivity index (χ1v) is 7.05. The number of nitrogens with one attached hydrogen (secondary N) is 1. The van der Waals surface area contributed by atoms with Crippen LogP contribution in [0.3, 0.4) is 0 Å². The van der Waals surface area contributed by atoms with Crippen molar-refractivity contribution in [3.8, 4) is 0 Å². The van der Waals surface area contributed by atoms with Crippen LogP contribution < -0.4 is 5.32 Å². The molecule has 2 heterocycles. The molecular formula is C15H23N3O2. The van der Waals surface area contributed by atoms with Crippen molar-refractivity contribution in [2.75, 3.05) is 19.6 Å². The highest BCUT2D eigenvalue weighted by Crippen LogP contribution is 2.15. The van der Waals surface area contributed by atoms with Gasteiger partial charge in [0.15, 0.2) is 0 Å². The third kappa shape index (κ3) is 4.20. The van der Waals surface area contributed by atoms with Crippen LogP contribution in [-0.4, -0.2) is 47.3 Å². The Hall–Kier alpha value is -1.62. The molecule has 110 valence electrons. The van der Waals surface area contributed by atoms with Gasteiger partial charge in [-0.3, -0.25) is 4.98 Å². The predicted molar refractivity (Wildman–Crippen MR) is 77.5 cm³/mol. The number of rotatable bonds is 2. The fourth-order valence-electron chi connectivity index (χ4n) is 2.30. The van der Waals surface area contributed by atoms with Crippen LogP contribution in [0.5, 0.6) is 0 Å². The summed E-state index contributed by atoms with van der Waals surface area (Å²) in [5.41, 5.74) is 0.727. The number of nitrogens with zero attached hydrogens (tertiary/aromatic N) is 2. The second-order valence-corrected chi connectivity index (χ2v) is 6.09. The summed E-state index contributed by atoms with van der Waals surface area (Å²) in [6, 6.07) is 4.10. The zero-order valence-electron chi connectivity index (χ0n) is 12.4. The number of amides is 1. The molecule has 1 aromatic heterocycles. The maximum atomic E-state index is 12.3. The lowest BCUT2D eigenvalue weighted by molar-refractivity contribution is 0.0122. The normalized spacial score (nSPS) is 19.8. The van der Waals surface area contributed by atoms with E-state index in [0.717, 1.165) is 19.5 Å². The van der Waals surface area contributed by atoms with Crippen molar-refractivity contribution in [1.29, 1.82) is 0 Å². The van der Waals surface area contributed by atoms with Crippen molar-refractivity contribution in [2.24, 2.45) is 0 Å². The summed E-state index contributed by atoms with van der Waals surface area (Å²) < 4.78 is 5.49. The molecule has 1 amide bonds. The maximum absolute atomic E-state index is 12.3. The van der Waals surface area contributed by atoms with Crippen LogP contribution in [0.4, 0.5) is 4.79 Å². The molecule has 1 aliphatic rings. The van der Waals surface area contributed by atoms with Crippen molar-refractivity contribution >= 4 is 6.09 Å². The standard InChI is InChI=1S/C15H23N3O2/c1-15(2,3)20-14(19)18-9-8-17-11-13(18)10-12-4-6-16-7-5-12/h4-7,13,17H,8-11H2,1-3H3. The van der Waals surface area contributed by atoms with E-state index < -0.39 is 5.60 Å². The molecular weight excluding hydrogens is 254 g/mol. The topological polar surface area (TPSA) is 54.5 Å². The molecule has 0 saturated carbocycles. The molecule has 5 nitrogen and oxygen atoms in total. The van der Waals surface area contributed by atoms with E-state index in [4.69, 9.17) is 4.74 Å². The fourth-order valence-corrected chi connectivity index (χ4v) is 2.30. The van der Waals surface area contributed by atoms with Crippen LogP contribution in [0.25, 0.3) is 0 Å². The Morgan fingerprint density at radius 3 is 2.80 bits per heavy atom. The van der Waals surface area contributed by atoms with Gasteiger partial charge in [0.2, 0.25) is 0 Å². The second-order valence-electron chi connectivity index (χ2n) is 6.09. The third-order valence-electron chi connectivity index (χ3n) is 3.20. The summed E-state index contributed by atoms with van der Waals surface area (Å²) in [5.74, 6) is 0. The SMILES string of the molecule is CC(C)(C)OC(=O)N1CCNCC1Cc1ccncc1. The van der Waals surface area contributed by atoms with Crippen LogP contribution in [0, 0.1) is 0 Å². The van der Waals surface area contributed by atoms with Crippen LogP contribution in [-0.2, 0) is 11.2 Å². The number of aromatic nitrogens is 1. The van der Waals surface area contributed by atoms with E-state index in [1.165, 1.54) is 5.56 Å². The molecule has 1 aliphatic heterocycles. The lowest BCUT2D eigenvalue weighted by Gasteiger charge is -2.37. The van der Waals surface area contributed by atoms with Gasteiger partial charge in [0.05, 0.1) is 6.04 Å². The Labute approximate surface area is 120 Å². The number of carbonyl (C=O) groups excluding carboxylic acids is 1. The first-order chi connectivity index (χ1) is 9.46. The highest BCUT2D eigenvalue weighted by Gasteiger charge is 2.30. The highest BCUT2D eigenvalue weighted by atomic mass is 16.6. The van der Waals surface area contributed by atoms with Crippen LogP contribution >= 0.6 is 0 Å². The van der Waals surface area contributed by atoms with Gasteiger partial charge in [-0.1, -0.05) is 0 Å². The average Bonchev–Trinajstić information content (AvgIpc) is 2.38. The molecule has 20 heavy (non-hydrogen) atoms. The molecule has 0 spiro atoms.